The van der Waals surface area contributed by atoms with Gasteiger partial charge in [-0.3, -0.25) is 4.79 Å². The van der Waals surface area contributed by atoms with E-state index in [4.69, 9.17) is 4.74 Å². The molecule has 0 bridgehead atoms. The quantitative estimate of drug-likeness (QED) is 0.818. The Kier molecular flexibility index (Phi) is 4.44. The molecule has 1 aliphatic heterocycles. The summed E-state index contributed by atoms with van der Waals surface area (Å²) in [5.41, 5.74) is 0. The maximum atomic E-state index is 11.6. The molecule has 2 rings (SSSR count). The zero-order chi connectivity index (χ0) is 14.8. The number of carbonyl (C=O) groups is 2. The Bertz CT molecular complexity index is 620. The van der Waals surface area contributed by atoms with Crippen LogP contribution in [-0.4, -0.2) is 44.4 Å². The lowest BCUT2D eigenvalue weighted by atomic mass is 10.2. The Hall–Kier alpha value is -1.41. The van der Waals surface area contributed by atoms with E-state index in [9.17, 15) is 18.0 Å². The monoisotopic (exact) mass is 317 g/mol. The van der Waals surface area contributed by atoms with Gasteiger partial charge in [0.05, 0.1) is 11.5 Å². The molecule has 2 heterocycles. The molecule has 6 nitrogen and oxygen atoms in total. The van der Waals surface area contributed by atoms with Crippen molar-refractivity contribution in [2.24, 2.45) is 0 Å². The van der Waals surface area contributed by atoms with Crippen molar-refractivity contribution in [1.29, 1.82) is 0 Å². The normalized spacial score (nSPS) is 20.6. The summed E-state index contributed by atoms with van der Waals surface area (Å²) in [5.74, 6) is -0.978. The van der Waals surface area contributed by atoms with Gasteiger partial charge in [-0.1, -0.05) is 0 Å². The number of thiophene rings is 1. The SMILES string of the molecule is Cc1ccc(C(=O)OCC(=O)N[C@H]2CCS(=O)(=O)C2)s1. The zero-order valence-corrected chi connectivity index (χ0v) is 12.6. The molecule has 8 heteroatoms. The van der Waals surface area contributed by atoms with Crippen molar-refractivity contribution < 1.29 is 22.7 Å². The second-order valence-electron chi connectivity index (χ2n) is 4.65. The molecule has 110 valence electrons. The van der Waals surface area contributed by atoms with Crippen LogP contribution in [0.15, 0.2) is 12.1 Å². The fourth-order valence-corrected chi connectivity index (χ4v) is 4.36. The highest BCUT2D eigenvalue weighted by atomic mass is 32.2. The van der Waals surface area contributed by atoms with Crippen molar-refractivity contribution in [2.75, 3.05) is 18.1 Å². The van der Waals surface area contributed by atoms with Crippen molar-refractivity contribution in [3.63, 3.8) is 0 Å². The maximum Gasteiger partial charge on any atom is 0.348 e. The third-order valence-electron chi connectivity index (χ3n) is 2.87. The summed E-state index contributed by atoms with van der Waals surface area (Å²) >= 11 is 1.29. The zero-order valence-electron chi connectivity index (χ0n) is 10.9. The van der Waals surface area contributed by atoms with Gasteiger partial charge in [-0.05, 0) is 25.5 Å². The van der Waals surface area contributed by atoms with Crippen LogP contribution in [0.5, 0.6) is 0 Å². The molecule has 0 unspecified atom stereocenters. The van der Waals surface area contributed by atoms with Crippen molar-refractivity contribution >= 4 is 33.1 Å². The second-order valence-corrected chi connectivity index (χ2v) is 8.17. The van der Waals surface area contributed by atoms with Gasteiger partial charge in [-0.15, -0.1) is 11.3 Å². The Morgan fingerprint density at radius 3 is 2.75 bits per heavy atom. The van der Waals surface area contributed by atoms with E-state index in [-0.39, 0.29) is 17.5 Å². The average molecular weight is 317 g/mol. The molecular weight excluding hydrogens is 302 g/mol. The van der Waals surface area contributed by atoms with E-state index in [0.717, 1.165) is 4.88 Å². The van der Waals surface area contributed by atoms with Crippen LogP contribution in [0.3, 0.4) is 0 Å². The first-order valence-corrected chi connectivity index (χ1v) is 8.73. The smallest absolute Gasteiger partial charge is 0.348 e. The van der Waals surface area contributed by atoms with Crippen LogP contribution in [-0.2, 0) is 19.4 Å². The first-order chi connectivity index (χ1) is 9.35. The summed E-state index contributed by atoms with van der Waals surface area (Å²) in [5, 5.41) is 2.55. The molecule has 1 N–H and O–H groups in total. The summed E-state index contributed by atoms with van der Waals surface area (Å²) in [6.45, 7) is 1.47. The first-order valence-electron chi connectivity index (χ1n) is 6.09. The Morgan fingerprint density at radius 1 is 1.45 bits per heavy atom. The van der Waals surface area contributed by atoms with Crippen LogP contribution in [0, 0.1) is 6.92 Å². The van der Waals surface area contributed by atoms with Gasteiger partial charge in [0.2, 0.25) is 0 Å². The fourth-order valence-electron chi connectivity index (χ4n) is 1.92. The highest BCUT2D eigenvalue weighted by Gasteiger charge is 2.29. The molecule has 20 heavy (non-hydrogen) atoms. The van der Waals surface area contributed by atoms with Crippen molar-refractivity contribution in [1.82, 2.24) is 5.32 Å². The topological polar surface area (TPSA) is 89.5 Å². The van der Waals surface area contributed by atoms with E-state index in [1.807, 2.05) is 6.92 Å². The Labute approximate surface area is 121 Å². The van der Waals surface area contributed by atoms with Crippen LogP contribution in [0.2, 0.25) is 0 Å². The fraction of sp³-hybridized carbons (Fsp3) is 0.500. The van der Waals surface area contributed by atoms with E-state index >= 15 is 0 Å². The van der Waals surface area contributed by atoms with Gasteiger partial charge >= 0.3 is 5.97 Å². The molecule has 0 saturated carbocycles. The number of hydrogen-bond donors (Lipinski definition) is 1. The molecule has 1 aromatic rings. The molecule has 0 aliphatic carbocycles. The summed E-state index contributed by atoms with van der Waals surface area (Å²) in [6.07, 6.45) is 0.409. The Morgan fingerprint density at radius 2 is 2.20 bits per heavy atom. The van der Waals surface area contributed by atoms with Gasteiger partial charge in [-0.2, -0.15) is 0 Å². The van der Waals surface area contributed by atoms with Crippen LogP contribution < -0.4 is 5.32 Å². The lowest BCUT2D eigenvalue weighted by Crippen LogP contribution is -2.38. The van der Waals surface area contributed by atoms with Gasteiger partial charge < -0.3 is 10.1 Å². The van der Waals surface area contributed by atoms with Crippen LogP contribution >= 0.6 is 11.3 Å². The van der Waals surface area contributed by atoms with E-state index < -0.39 is 28.3 Å². The summed E-state index contributed by atoms with van der Waals surface area (Å²) < 4.78 is 27.4. The molecule has 1 saturated heterocycles. The number of hydrogen-bond acceptors (Lipinski definition) is 6. The van der Waals surface area contributed by atoms with Gasteiger partial charge in [0.1, 0.15) is 4.88 Å². The number of rotatable bonds is 4. The van der Waals surface area contributed by atoms with Crippen molar-refractivity contribution in [2.45, 2.75) is 19.4 Å². The molecule has 1 atom stereocenters. The van der Waals surface area contributed by atoms with Gasteiger partial charge in [0.15, 0.2) is 16.4 Å². The summed E-state index contributed by atoms with van der Waals surface area (Å²) in [4.78, 5) is 24.6. The number of ether oxygens (including phenoxy) is 1. The second kappa shape index (κ2) is 5.92. The minimum Gasteiger partial charge on any atom is -0.451 e. The minimum absolute atomic E-state index is 0.0448. The number of esters is 1. The molecular formula is C12H15NO5S2. The van der Waals surface area contributed by atoms with Crippen molar-refractivity contribution in [3.8, 4) is 0 Å². The van der Waals surface area contributed by atoms with Gasteiger partial charge in [-0.25, -0.2) is 13.2 Å². The lowest BCUT2D eigenvalue weighted by molar-refractivity contribution is -0.124. The van der Waals surface area contributed by atoms with Gasteiger partial charge in [0.25, 0.3) is 5.91 Å². The predicted molar refractivity (Wildman–Crippen MR) is 74.5 cm³/mol. The van der Waals surface area contributed by atoms with E-state index in [1.54, 1.807) is 12.1 Å². The number of amides is 1. The highest BCUT2D eigenvalue weighted by Crippen LogP contribution is 2.16. The Balaban J connectivity index is 1.77. The van der Waals surface area contributed by atoms with E-state index in [2.05, 4.69) is 5.32 Å². The largest absolute Gasteiger partial charge is 0.451 e. The van der Waals surface area contributed by atoms with Crippen LogP contribution in [0.4, 0.5) is 0 Å². The predicted octanol–water partition coefficient (Wildman–Crippen LogP) is 0.517. The number of aryl methyl sites for hydroxylation is 1. The van der Waals surface area contributed by atoms with E-state index in [1.165, 1.54) is 11.3 Å². The molecule has 0 spiro atoms. The third-order valence-corrected chi connectivity index (χ3v) is 5.62. The molecule has 1 amide bonds. The van der Waals surface area contributed by atoms with Crippen LogP contribution in [0.25, 0.3) is 0 Å². The summed E-state index contributed by atoms with van der Waals surface area (Å²) in [6, 6.07) is 3.06. The maximum absolute atomic E-state index is 11.6. The molecule has 0 radical (unpaired) electrons. The molecule has 1 aromatic heterocycles. The number of sulfone groups is 1. The van der Waals surface area contributed by atoms with Crippen LogP contribution in [0.1, 0.15) is 21.0 Å². The number of nitrogens with one attached hydrogen (secondary N) is 1. The minimum atomic E-state index is -3.03. The highest BCUT2D eigenvalue weighted by molar-refractivity contribution is 7.91. The average Bonchev–Trinajstić information content (AvgIpc) is 2.92. The molecule has 1 aliphatic rings. The van der Waals surface area contributed by atoms with E-state index in [0.29, 0.717) is 11.3 Å². The van der Waals surface area contributed by atoms with Crippen molar-refractivity contribution in [3.05, 3.63) is 21.9 Å². The standard InChI is InChI=1S/C12H15NO5S2/c1-8-2-3-10(19-8)12(15)18-6-11(14)13-9-4-5-20(16,17)7-9/h2-3,9H,4-7H2,1H3,(H,13,14)/t9-/m0/s1. The molecule has 0 aromatic carbocycles. The lowest BCUT2D eigenvalue weighted by Gasteiger charge is -2.10. The summed E-state index contributed by atoms with van der Waals surface area (Å²) in [7, 11) is -3.03. The first kappa shape index (κ1) is 15.0. The third kappa shape index (κ3) is 4.04. The van der Waals surface area contributed by atoms with Gasteiger partial charge in [0, 0.05) is 10.9 Å². The number of carbonyl (C=O) groups excluding carboxylic acids is 2. The molecule has 1 fully saturated rings.